The van der Waals surface area contributed by atoms with Crippen LogP contribution in [0, 0.1) is 0 Å². The van der Waals surface area contributed by atoms with Crippen molar-refractivity contribution in [3.05, 3.63) is 30.3 Å². The smallest absolute Gasteiger partial charge is 0.401 e. The number of hydrogen-bond acceptors (Lipinski definition) is 3. The van der Waals surface area contributed by atoms with Gasteiger partial charge in [-0.2, -0.15) is 13.2 Å². The van der Waals surface area contributed by atoms with Gasteiger partial charge in [-0.25, -0.2) is 4.99 Å². The Morgan fingerprint density at radius 1 is 1.32 bits per heavy atom. The van der Waals surface area contributed by atoms with Crippen LogP contribution >= 0.6 is 0 Å². The predicted octanol–water partition coefficient (Wildman–Crippen LogP) is 2.26. The van der Waals surface area contributed by atoms with E-state index in [-0.39, 0.29) is 6.04 Å². The molecule has 1 aliphatic rings. The van der Waals surface area contributed by atoms with Crippen molar-refractivity contribution in [3.8, 4) is 5.75 Å². The minimum atomic E-state index is -4.15. The molecular formula is C17H25F3N4O. The van der Waals surface area contributed by atoms with Crippen molar-refractivity contribution < 1.29 is 17.9 Å². The maximum atomic E-state index is 12.5. The van der Waals surface area contributed by atoms with Crippen LogP contribution in [-0.2, 0) is 0 Å². The molecule has 1 heterocycles. The number of hydrogen-bond donors (Lipinski definition) is 2. The second-order valence-corrected chi connectivity index (χ2v) is 5.90. The lowest BCUT2D eigenvalue weighted by Gasteiger charge is -2.19. The number of para-hydroxylation sites is 1. The van der Waals surface area contributed by atoms with Crippen molar-refractivity contribution in [2.24, 2.45) is 4.99 Å². The molecule has 25 heavy (non-hydrogen) atoms. The zero-order chi connectivity index (χ0) is 18.1. The molecule has 1 unspecified atom stereocenters. The second kappa shape index (κ2) is 9.50. The van der Waals surface area contributed by atoms with Gasteiger partial charge in [-0.3, -0.25) is 4.90 Å². The lowest BCUT2D eigenvalue weighted by molar-refractivity contribution is -0.143. The van der Waals surface area contributed by atoms with Gasteiger partial charge in [0.2, 0.25) is 0 Å². The Hall–Kier alpha value is -1.96. The third kappa shape index (κ3) is 7.64. The Morgan fingerprint density at radius 3 is 2.76 bits per heavy atom. The molecule has 0 amide bonds. The van der Waals surface area contributed by atoms with Gasteiger partial charge in [-0.05, 0) is 25.5 Å². The Bertz CT molecular complexity index is 536. The minimum Gasteiger partial charge on any atom is -0.492 e. The molecule has 1 atom stereocenters. The molecule has 5 nitrogen and oxygen atoms in total. The Balaban J connectivity index is 1.76. The van der Waals surface area contributed by atoms with Crippen LogP contribution in [0.25, 0.3) is 0 Å². The number of rotatable bonds is 7. The van der Waals surface area contributed by atoms with E-state index < -0.39 is 12.7 Å². The van der Waals surface area contributed by atoms with Gasteiger partial charge in [0, 0.05) is 25.7 Å². The summed E-state index contributed by atoms with van der Waals surface area (Å²) in [5.41, 5.74) is 0. The first kappa shape index (κ1) is 19.4. The molecule has 0 radical (unpaired) electrons. The van der Waals surface area contributed by atoms with E-state index in [4.69, 9.17) is 4.74 Å². The Morgan fingerprint density at radius 2 is 2.08 bits per heavy atom. The SMILES string of the molecule is CCNC(=NCCOc1ccccc1)NC1CCN(CC(F)(F)F)C1. The summed E-state index contributed by atoms with van der Waals surface area (Å²) in [5.74, 6) is 1.40. The van der Waals surface area contributed by atoms with Crippen LogP contribution in [0.3, 0.4) is 0 Å². The lowest BCUT2D eigenvalue weighted by Crippen LogP contribution is -2.45. The van der Waals surface area contributed by atoms with Crippen LogP contribution in [0.15, 0.2) is 35.3 Å². The van der Waals surface area contributed by atoms with Gasteiger partial charge in [0.15, 0.2) is 5.96 Å². The summed E-state index contributed by atoms with van der Waals surface area (Å²) < 4.78 is 42.9. The van der Waals surface area contributed by atoms with E-state index in [0.717, 1.165) is 5.75 Å². The second-order valence-electron chi connectivity index (χ2n) is 5.90. The predicted molar refractivity (Wildman–Crippen MR) is 92.0 cm³/mol. The summed E-state index contributed by atoms with van der Waals surface area (Å²) >= 11 is 0. The molecule has 0 saturated carbocycles. The zero-order valence-corrected chi connectivity index (χ0v) is 14.4. The molecule has 2 N–H and O–H groups in total. The topological polar surface area (TPSA) is 48.9 Å². The fraction of sp³-hybridized carbons (Fsp3) is 0.588. The van der Waals surface area contributed by atoms with Gasteiger partial charge in [0.1, 0.15) is 12.4 Å². The molecule has 1 aliphatic heterocycles. The molecule has 1 aromatic carbocycles. The number of aliphatic imine (C=N–C) groups is 1. The highest BCUT2D eigenvalue weighted by Crippen LogP contribution is 2.19. The first-order valence-electron chi connectivity index (χ1n) is 8.48. The highest BCUT2D eigenvalue weighted by molar-refractivity contribution is 5.80. The number of nitrogens with zero attached hydrogens (tertiary/aromatic N) is 2. The molecule has 0 aromatic heterocycles. The average Bonchev–Trinajstić information content (AvgIpc) is 2.97. The fourth-order valence-corrected chi connectivity index (χ4v) is 2.70. The van der Waals surface area contributed by atoms with Crippen molar-refractivity contribution in [2.45, 2.75) is 25.6 Å². The summed E-state index contributed by atoms with van der Waals surface area (Å²) in [5, 5.41) is 6.32. The Labute approximate surface area is 146 Å². The highest BCUT2D eigenvalue weighted by Gasteiger charge is 2.34. The number of nitrogens with one attached hydrogen (secondary N) is 2. The normalized spacial score (nSPS) is 19.0. The summed E-state index contributed by atoms with van der Waals surface area (Å²) in [6.07, 6.45) is -3.48. The van der Waals surface area contributed by atoms with Crippen LogP contribution in [0.1, 0.15) is 13.3 Å². The van der Waals surface area contributed by atoms with Crippen molar-refractivity contribution in [1.82, 2.24) is 15.5 Å². The fourth-order valence-electron chi connectivity index (χ4n) is 2.70. The summed E-state index contributed by atoms with van der Waals surface area (Å²) in [4.78, 5) is 5.84. The monoisotopic (exact) mass is 358 g/mol. The number of ether oxygens (including phenoxy) is 1. The van der Waals surface area contributed by atoms with E-state index in [1.54, 1.807) is 0 Å². The van der Waals surface area contributed by atoms with Crippen LogP contribution in [0.4, 0.5) is 13.2 Å². The molecule has 0 spiro atoms. The number of benzene rings is 1. The van der Waals surface area contributed by atoms with Crippen molar-refractivity contribution in [1.29, 1.82) is 0 Å². The van der Waals surface area contributed by atoms with E-state index in [0.29, 0.717) is 45.2 Å². The van der Waals surface area contributed by atoms with Gasteiger partial charge in [0.05, 0.1) is 13.1 Å². The molecule has 1 aromatic rings. The van der Waals surface area contributed by atoms with Crippen molar-refractivity contribution in [3.63, 3.8) is 0 Å². The molecule has 0 bridgehead atoms. The Kier molecular flexibility index (Phi) is 7.36. The van der Waals surface area contributed by atoms with Crippen molar-refractivity contribution in [2.75, 3.05) is 39.3 Å². The van der Waals surface area contributed by atoms with Crippen LogP contribution < -0.4 is 15.4 Å². The van der Waals surface area contributed by atoms with Crippen LogP contribution in [0.5, 0.6) is 5.75 Å². The number of likely N-dealkylation sites (tertiary alicyclic amines) is 1. The largest absolute Gasteiger partial charge is 0.492 e. The van der Waals surface area contributed by atoms with Gasteiger partial charge in [0.25, 0.3) is 0 Å². The van der Waals surface area contributed by atoms with Crippen LogP contribution in [0.2, 0.25) is 0 Å². The molecule has 0 aliphatic carbocycles. The standard InChI is InChI=1S/C17H25F3N4O/c1-2-21-16(22-9-11-25-15-6-4-3-5-7-15)23-14-8-10-24(12-14)13-17(18,19)20/h3-7,14H,2,8-13H2,1H3,(H2,21,22,23). The van der Waals surface area contributed by atoms with Gasteiger partial charge < -0.3 is 15.4 Å². The molecule has 1 fully saturated rings. The maximum absolute atomic E-state index is 12.5. The zero-order valence-electron chi connectivity index (χ0n) is 14.4. The van der Waals surface area contributed by atoms with E-state index >= 15 is 0 Å². The number of guanidine groups is 1. The maximum Gasteiger partial charge on any atom is 0.401 e. The summed E-state index contributed by atoms with van der Waals surface area (Å²) in [7, 11) is 0. The highest BCUT2D eigenvalue weighted by atomic mass is 19.4. The van der Waals surface area contributed by atoms with E-state index in [1.165, 1.54) is 4.90 Å². The summed E-state index contributed by atoms with van der Waals surface area (Å²) in [6, 6.07) is 9.44. The van der Waals surface area contributed by atoms with Crippen molar-refractivity contribution >= 4 is 5.96 Å². The van der Waals surface area contributed by atoms with Crippen LogP contribution in [-0.4, -0.2) is 62.4 Å². The number of halogens is 3. The van der Waals surface area contributed by atoms with Gasteiger partial charge in [-0.1, -0.05) is 18.2 Å². The van der Waals surface area contributed by atoms with E-state index in [1.807, 2.05) is 37.3 Å². The third-order valence-corrected chi connectivity index (χ3v) is 3.73. The third-order valence-electron chi connectivity index (χ3n) is 3.73. The molecule has 1 saturated heterocycles. The molecule has 8 heteroatoms. The van der Waals surface area contributed by atoms with Gasteiger partial charge in [-0.15, -0.1) is 0 Å². The minimum absolute atomic E-state index is 0.0322. The first-order valence-corrected chi connectivity index (χ1v) is 8.48. The average molecular weight is 358 g/mol. The van der Waals surface area contributed by atoms with E-state index in [2.05, 4.69) is 15.6 Å². The van der Waals surface area contributed by atoms with Gasteiger partial charge >= 0.3 is 6.18 Å². The number of alkyl halides is 3. The summed E-state index contributed by atoms with van der Waals surface area (Å²) in [6.45, 7) is 3.48. The quantitative estimate of drug-likeness (QED) is 0.446. The lowest BCUT2D eigenvalue weighted by atomic mass is 10.3. The van der Waals surface area contributed by atoms with E-state index in [9.17, 15) is 13.2 Å². The first-order chi connectivity index (χ1) is 12.0. The molecule has 2 rings (SSSR count). The molecule has 140 valence electrons. The molecular weight excluding hydrogens is 333 g/mol.